The van der Waals surface area contributed by atoms with Gasteiger partial charge >= 0.3 is 5.97 Å². The summed E-state index contributed by atoms with van der Waals surface area (Å²) in [5.41, 5.74) is 5.33. The number of carboxylic acid groups (broad SMARTS) is 1. The molecule has 0 aliphatic rings. The Hall–Kier alpha value is -2.64. The second-order valence-electron chi connectivity index (χ2n) is 3.07. The average molecular weight is 235 g/mol. The molecule has 2 aromatic rings. The van der Waals surface area contributed by atoms with Gasteiger partial charge in [-0.3, -0.25) is 0 Å². The average Bonchev–Trinajstić information content (AvgIpc) is 2.71. The molecule has 0 fully saturated rings. The second kappa shape index (κ2) is 4.08. The maximum atomic E-state index is 10.8. The van der Waals surface area contributed by atoms with Crippen molar-refractivity contribution in [2.75, 3.05) is 12.8 Å². The smallest absolute Gasteiger partial charge is 0.358 e. The van der Waals surface area contributed by atoms with Gasteiger partial charge in [-0.15, -0.1) is 0 Å². The van der Waals surface area contributed by atoms with E-state index in [1.165, 1.54) is 30.4 Å². The van der Waals surface area contributed by atoms with Gasteiger partial charge in [0.05, 0.1) is 19.0 Å². The molecule has 0 bridgehead atoms. The number of hydrogen-bond acceptors (Lipinski definition) is 6. The third-order valence-corrected chi connectivity index (χ3v) is 2.00. The first kappa shape index (κ1) is 10.9. The van der Waals surface area contributed by atoms with E-state index >= 15 is 0 Å². The first-order chi connectivity index (χ1) is 8.13. The Kier molecular flexibility index (Phi) is 2.61. The Morgan fingerprint density at radius 1 is 1.47 bits per heavy atom. The molecule has 0 saturated carbocycles. The van der Waals surface area contributed by atoms with Crippen LogP contribution in [0.4, 0.5) is 5.69 Å². The summed E-state index contributed by atoms with van der Waals surface area (Å²) in [6.07, 6.45) is 4.24. The molecular weight excluding hydrogens is 226 g/mol. The van der Waals surface area contributed by atoms with Crippen molar-refractivity contribution in [2.45, 2.75) is 0 Å². The fourth-order valence-electron chi connectivity index (χ4n) is 1.28. The number of nitrogens with two attached hydrogens (primary N) is 1. The lowest BCUT2D eigenvalue weighted by molar-refractivity contribution is 0.0691. The monoisotopic (exact) mass is 235 g/mol. The van der Waals surface area contributed by atoms with Crippen molar-refractivity contribution in [1.29, 1.82) is 0 Å². The summed E-state index contributed by atoms with van der Waals surface area (Å²) in [6, 6.07) is 0. The van der Waals surface area contributed by atoms with Crippen molar-refractivity contribution in [2.24, 2.45) is 0 Å². The molecule has 8 heteroatoms. The zero-order chi connectivity index (χ0) is 12.4. The number of ether oxygens (including phenoxy) is 1. The zero-order valence-corrected chi connectivity index (χ0v) is 8.86. The highest BCUT2D eigenvalue weighted by Crippen LogP contribution is 2.18. The van der Waals surface area contributed by atoms with E-state index in [4.69, 9.17) is 15.6 Å². The number of aromatic carboxylic acids is 1. The van der Waals surface area contributed by atoms with E-state index in [1.54, 1.807) is 0 Å². The molecule has 0 spiro atoms. The van der Waals surface area contributed by atoms with Crippen LogP contribution in [0.1, 0.15) is 10.5 Å². The van der Waals surface area contributed by atoms with Crippen LogP contribution in [0.25, 0.3) is 5.82 Å². The summed E-state index contributed by atoms with van der Waals surface area (Å²) >= 11 is 0. The van der Waals surface area contributed by atoms with Gasteiger partial charge in [-0.05, 0) is 0 Å². The molecule has 88 valence electrons. The van der Waals surface area contributed by atoms with E-state index < -0.39 is 5.97 Å². The van der Waals surface area contributed by atoms with Crippen LogP contribution in [0.5, 0.6) is 5.88 Å². The van der Waals surface area contributed by atoms with Gasteiger partial charge in [0, 0.05) is 12.4 Å². The van der Waals surface area contributed by atoms with E-state index in [0.717, 1.165) is 0 Å². The van der Waals surface area contributed by atoms with E-state index in [9.17, 15) is 4.79 Å². The summed E-state index contributed by atoms with van der Waals surface area (Å²) < 4.78 is 6.20. The lowest BCUT2D eigenvalue weighted by atomic mass is 10.4. The van der Waals surface area contributed by atoms with E-state index in [-0.39, 0.29) is 23.1 Å². The molecule has 0 aromatic carbocycles. The third-order valence-electron chi connectivity index (χ3n) is 2.00. The number of nitrogens with zero attached hydrogens (tertiary/aromatic N) is 4. The molecule has 2 aromatic heterocycles. The number of carbonyl (C=O) groups is 1. The van der Waals surface area contributed by atoms with Crippen molar-refractivity contribution < 1.29 is 14.6 Å². The van der Waals surface area contributed by atoms with E-state index in [0.29, 0.717) is 0 Å². The van der Waals surface area contributed by atoms with Crippen molar-refractivity contribution in [1.82, 2.24) is 19.7 Å². The van der Waals surface area contributed by atoms with Crippen LogP contribution < -0.4 is 10.5 Å². The highest BCUT2D eigenvalue weighted by atomic mass is 16.5. The molecule has 2 rings (SSSR count). The van der Waals surface area contributed by atoms with Crippen LogP contribution in [-0.4, -0.2) is 37.9 Å². The number of methoxy groups -OCH3 is 1. The second-order valence-corrected chi connectivity index (χ2v) is 3.07. The summed E-state index contributed by atoms with van der Waals surface area (Å²) in [5, 5.41) is 12.6. The van der Waals surface area contributed by atoms with Crippen molar-refractivity contribution in [3.8, 4) is 11.7 Å². The molecule has 0 saturated heterocycles. The van der Waals surface area contributed by atoms with Gasteiger partial charge in [-0.25, -0.2) is 19.4 Å². The molecule has 0 aliphatic heterocycles. The Morgan fingerprint density at radius 3 is 2.76 bits per heavy atom. The number of rotatable bonds is 3. The largest absolute Gasteiger partial charge is 0.478 e. The van der Waals surface area contributed by atoms with Gasteiger partial charge < -0.3 is 15.6 Å². The fourth-order valence-corrected chi connectivity index (χ4v) is 1.28. The maximum Gasteiger partial charge on any atom is 0.358 e. The molecule has 0 unspecified atom stereocenters. The Morgan fingerprint density at radius 2 is 2.18 bits per heavy atom. The van der Waals surface area contributed by atoms with Gasteiger partial charge in [-0.2, -0.15) is 5.10 Å². The third kappa shape index (κ3) is 1.87. The minimum atomic E-state index is -1.20. The predicted molar refractivity (Wildman–Crippen MR) is 57.1 cm³/mol. The summed E-state index contributed by atoms with van der Waals surface area (Å²) in [4.78, 5) is 18.7. The summed E-state index contributed by atoms with van der Waals surface area (Å²) in [5.74, 6) is -0.703. The SMILES string of the molecule is COc1nccnc1-n1cc(N)c(C(=O)O)n1. The maximum absolute atomic E-state index is 10.8. The molecule has 3 N–H and O–H groups in total. The van der Waals surface area contributed by atoms with Crippen molar-refractivity contribution in [3.05, 3.63) is 24.3 Å². The molecule has 0 aliphatic carbocycles. The first-order valence-corrected chi connectivity index (χ1v) is 4.57. The van der Waals surface area contributed by atoms with Crippen LogP contribution in [-0.2, 0) is 0 Å². The van der Waals surface area contributed by atoms with Gasteiger partial charge in [0.1, 0.15) is 0 Å². The molecular formula is C9H9N5O3. The number of hydrogen-bond donors (Lipinski definition) is 2. The number of aromatic nitrogens is 4. The highest BCUT2D eigenvalue weighted by Gasteiger charge is 2.16. The molecule has 2 heterocycles. The lowest BCUT2D eigenvalue weighted by Gasteiger charge is -2.04. The molecule has 0 amide bonds. The lowest BCUT2D eigenvalue weighted by Crippen LogP contribution is -2.05. The van der Waals surface area contributed by atoms with Gasteiger partial charge in [-0.1, -0.05) is 0 Å². The summed E-state index contributed by atoms with van der Waals surface area (Å²) in [6.45, 7) is 0. The molecule has 0 atom stereocenters. The Balaban J connectivity index is 2.53. The topological polar surface area (TPSA) is 116 Å². The molecule has 0 radical (unpaired) electrons. The molecule has 17 heavy (non-hydrogen) atoms. The number of carboxylic acids is 1. The minimum absolute atomic E-state index is 0.0465. The Bertz CT molecular complexity index is 566. The molecule has 8 nitrogen and oxygen atoms in total. The highest BCUT2D eigenvalue weighted by molar-refractivity contribution is 5.91. The normalized spacial score (nSPS) is 10.2. The predicted octanol–water partition coefficient (Wildman–Crippen LogP) is -0.0487. The fraction of sp³-hybridized carbons (Fsp3) is 0.111. The van der Waals surface area contributed by atoms with Crippen LogP contribution in [0, 0.1) is 0 Å². The van der Waals surface area contributed by atoms with Gasteiger partial charge in [0.15, 0.2) is 5.69 Å². The van der Waals surface area contributed by atoms with Crippen LogP contribution in [0.3, 0.4) is 0 Å². The number of nitrogen functional groups attached to an aromatic ring is 1. The van der Waals surface area contributed by atoms with Gasteiger partial charge in [0.25, 0.3) is 5.88 Å². The van der Waals surface area contributed by atoms with Crippen molar-refractivity contribution >= 4 is 11.7 Å². The number of anilines is 1. The standard InChI is InChI=1S/C9H9N5O3/c1-17-8-7(11-2-3-12-8)14-4-5(10)6(13-14)9(15)16/h2-4H,10H2,1H3,(H,15,16). The van der Waals surface area contributed by atoms with Crippen LogP contribution in [0.15, 0.2) is 18.6 Å². The van der Waals surface area contributed by atoms with Gasteiger partial charge in [0.2, 0.25) is 5.82 Å². The minimum Gasteiger partial charge on any atom is -0.478 e. The quantitative estimate of drug-likeness (QED) is 0.766. The van der Waals surface area contributed by atoms with Crippen LogP contribution >= 0.6 is 0 Å². The van der Waals surface area contributed by atoms with Crippen LogP contribution in [0.2, 0.25) is 0 Å². The Labute approximate surface area is 95.7 Å². The van der Waals surface area contributed by atoms with Crippen molar-refractivity contribution in [3.63, 3.8) is 0 Å². The van der Waals surface area contributed by atoms with E-state index in [2.05, 4.69) is 15.1 Å². The zero-order valence-electron chi connectivity index (χ0n) is 8.86. The summed E-state index contributed by atoms with van der Waals surface area (Å²) in [7, 11) is 1.43. The first-order valence-electron chi connectivity index (χ1n) is 4.57. The van der Waals surface area contributed by atoms with E-state index in [1.807, 2.05) is 0 Å².